The highest BCUT2D eigenvalue weighted by molar-refractivity contribution is 7.17. The summed E-state index contributed by atoms with van der Waals surface area (Å²) in [6.45, 7) is 12.5. The van der Waals surface area contributed by atoms with Crippen LogP contribution < -0.4 is 10.1 Å². The molecule has 0 fully saturated rings. The number of rotatable bonds is 7. The number of amides is 1. The van der Waals surface area contributed by atoms with Crippen LogP contribution in [0.1, 0.15) is 62.0 Å². The Kier molecular flexibility index (Phi) is 6.61. The third-order valence-corrected chi connectivity index (χ3v) is 5.46. The normalized spacial score (nSPS) is 11.3. The van der Waals surface area contributed by atoms with Crippen molar-refractivity contribution in [2.75, 3.05) is 6.61 Å². The van der Waals surface area contributed by atoms with Crippen LogP contribution in [0, 0.1) is 24.2 Å². The first kappa shape index (κ1) is 20.9. The van der Waals surface area contributed by atoms with Gasteiger partial charge in [-0.15, -0.1) is 11.3 Å². The molecule has 1 N–H and O–H groups in total. The summed E-state index contributed by atoms with van der Waals surface area (Å²) >= 11 is 1.34. The molecule has 0 aliphatic carbocycles. The first-order valence-electron chi connectivity index (χ1n) is 9.14. The van der Waals surface area contributed by atoms with Gasteiger partial charge in [0.25, 0.3) is 5.91 Å². The van der Waals surface area contributed by atoms with Crippen LogP contribution in [-0.4, -0.2) is 23.0 Å². The molecule has 0 aliphatic rings. The Morgan fingerprint density at radius 1 is 1.41 bits per heavy atom. The van der Waals surface area contributed by atoms with Crippen molar-refractivity contribution in [2.45, 2.75) is 53.5 Å². The maximum atomic E-state index is 12.6. The predicted octanol–water partition coefficient (Wildman–Crippen LogP) is 4.94. The summed E-state index contributed by atoms with van der Waals surface area (Å²) in [4.78, 5) is 17.7. The van der Waals surface area contributed by atoms with E-state index in [1.807, 2.05) is 33.8 Å². The minimum Gasteiger partial charge on any atom is -0.492 e. The number of ether oxygens (including phenoxy) is 1. The number of hydrogen-bond acceptors (Lipinski definition) is 5. The van der Waals surface area contributed by atoms with E-state index in [-0.39, 0.29) is 11.4 Å². The number of benzene rings is 1. The highest BCUT2D eigenvalue weighted by Gasteiger charge is 2.23. The van der Waals surface area contributed by atoms with Crippen molar-refractivity contribution in [3.8, 4) is 22.4 Å². The molecule has 0 bridgehead atoms. The molecule has 27 heavy (non-hydrogen) atoms. The van der Waals surface area contributed by atoms with Gasteiger partial charge in [-0.3, -0.25) is 4.79 Å². The number of aryl methyl sites for hydroxylation is 1. The van der Waals surface area contributed by atoms with Gasteiger partial charge in [0.15, 0.2) is 0 Å². The second-order valence-corrected chi connectivity index (χ2v) is 8.65. The van der Waals surface area contributed by atoms with E-state index >= 15 is 0 Å². The summed E-state index contributed by atoms with van der Waals surface area (Å²) < 4.78 is 5.71. The smallest absolute Gasteiger partial charge is 0.263 e. The molecule has 1 amide bonds. The Hall–Kier alpha value is -2.39. The number of nitrogens with zero attached hydrogens (tertiary/aromatic N) is 2. The van der Waals surface area contributed by atoms with E-state index in [0.29, 0.717) is 34.4 Å². The summed E-state index contributed by atoms with van der Waals surface area (Å²) in [7, 11) is 0. The van der Waals surface area contributed by atoms with Gasteiger partial charge in [0.2, 0.25) is 0 Å². The molecule has 0 aliphatic heterocycles. The van der Waals surface area contributed by atoms with Gasteiger partial charge in [-0.1, -0.05) is 20.8 Å². The van der Waals surface area contributed by atoms with Crippen molar-refractivity contribution in [1.29, 1.82) is 5.26 Å². The van der Waals surface area contributed by atoms with E-state index in [1.54, 1.807) is 12.1 Å². The van der Waals surface area contributed by atoms with Gasteiger partial charge < -0.3 is 10.1 Å². The number of aromatic nitrogens is 1. The van der Waals surface area contributed by atoms with Crippen LogP contribution in [0.5, 0.6) is 5.75 Å². The topological polar surface area (TPSA) is 75.0 Å². The molecule has 5 nitrogen and oxygen atoms in total. The largest absolute Gasteiger partial charge is 0.492 e. The van der Waals surface area contributed by atoms with Crippen molar-refractivity contribution < 1.29 is 9.53 Å². The Labute approximate surface area is 165 Å². The van der Waals surface area contributed by atoms with Gasteiger partial charge in [0.05, 0.1) is 17.9 Å². The first-order chi connectivity index (χ1) is 12.7. The zero-order valence-corrected chi connectivity index (χ0v) is 17.7. The lowest BCUT2D eigenvalue weighted by Crippen LogP contribution is -2.42. The van der Waals surface area contributed by atoms with Gasteiger partial charge in [0.1, 0.15) is 21.7 Å². The van der Waals surface area contributed by atoms with E-state index in [0.717, 1.165) is 17.0 Å². The molecule has 2 aromatic rings. The third-order valence-electron chi connectivity index (χ3n) is 4.26. The van der Waals surface area contributed by atoms with Gasteiger partial charge in [-0.25, -0.2) is 4.98 Å². The molecule has 144 valence electrons. The molecular weight excluding hydrogens is 358 g/mol. The predicted molar refractivity (Wildman–Crippen MR) is 109 cm³/mol. The highest BCUT2D eigenvalue weighted by atomic mass is 32.1. The van der Waals surface area contributed by atoms with E-state index in [9.17, 15) is 10.1 Å². The Bertz CT molecular complexity index is 863. The summed E-state index contributed by atoms with van der Waals surface area (Å²) in [6, 6.07) is 7.63. The lowest BCUT2D eigenvalue weighted by Gasteiger charge is -2.24. The maximum Gasteiger partial charge on any atom is 0.263 e. The number of hydrogen-bond donors (Lipinski definition) is 1. The van der Waals surface area contributed by atoms with E-state index in [1.165, 1.54) is 11.3 Å². The average Bonchev–Trinajstić information content (AvgIpc) is 3.01. The van der Waals surface area contributed by atoms with Crippen LogP contribution in [0.4, 0.5) is 0 Å². The lowest BCUT2D eigenvalue weighted by atomic mass is 10.0. The van der Waals surface area contributed by atoms with Crippen LogP contribution >= 0.6 is 11.3 Å². The summed E-state index contributed by atoms with van der Waals surface area (Å²) in [5.41, 5.74) is 1.71. The summed E-state index contributed by atoms with van der Waals surface area (Å²) in [6.07, 6.45) is 0.840. The number of carbonyl (C=O) groups excluding carboxylic acids is 1. The fourth-order valence-corrected chi connectivity index (χ4v) is 3.27. The Morgan fingerprint density at radius 3 is 2.70 bits per heavy atom. The molecule has 0 unspecified atom stereocenters. The van der Waals surface area contributed by atoms with Crippen LogP contribution in [0.15, 0.2) is 18.2 Å². The van der Waals surface area contributed by atoms with Crippen molar-refractivity contribution in [3.05, 3.63) is 34.3 Å². The molecule has 0 spiro atoms. The number of thiazole rings is 1. The van der Waals surface area contributed by atoms with E-state index in [2.05, 4.69) is 30.2 Å². The second-order valence-electron chi connectivity index (χ2n) is 7.65. The summed E-state index contributed by atoms with van der Waals surface area (Å²) in [5, 5.41) is 13.2. The minimum atomic E-state index is -0.267. The fourth-order valence-electron chi connectivity index (χ4n) is 2.32. The van der Waals surface area contributed by atoms with Crippen LogP contribution in [0.25, 0.3) is 10.6 Å². The zero-order chi connectivity index (χ0) is 20.2. The molecular formula is C21H27N3O2S. The molecule has 0 radical (unpaired) electrons. The quantitative estimate of drug-likeness (QED) is 0.732. The number of carbonyl (C=O) groups is 1. The maximum absolute atomic E-state index is 12.6. The molecule has 0 saturated carbocycles. The van der Waals surface area contributed by atoms with E-state index in [4.69, 9.17) is 4.74 Å². The molecule has 1 aromatic carbocycles. The van der Waals surface area contributed by atoms with Crippen LogP contribution in [-0.2, 0) is 0 Å². The van der Waals surface area contributed by atoms with Crippen LogP contribution in [0.2, 0.25) is 0 Å². The molecule has 1 aromatic heterocycles. The third kappa shape index (κ3) is 5.30. The molecule has 2 rings (SSSR count). The minimum absolute atomic E-state index is 0.111. The van der Waals surface area contributed by atoms with Gasteiger partial charge in [-0.2, -0.15) is 5.26 Å². The zero-order valence-electron chi connectivity index (χ0n) is 16.8. The van der Waals surface area contributed by atoms with Crippen LogP contribution in [0.3, 0.4) is 0 Å². The van der Waals surface area contributed by atoms with Crippen molar-refractivity contribution in [3.63, 3.8) is 0 Å². The lowest BCUT2D eigenvalue weighted by molar-refractivity contribution is 0.0914. The van der Waals surface area contributed by atoms with Crippen molar-refractivity contribution >= 4 is 17.2 Å². The highest BCUT2D eigenvalue weighted by Crippen LogP contribution is 2.31. The molecule has 6 heteroatoms. The SMILES string of the molecule is CCC(C)(C)NC(=O)c1sc(-c2ccc(OCC(C)C)c(C#N)c2)nc1C. The Morgan fingerprint density at radius 2 is 2.11 bits per heavy atom. The average molecular weight is 386 g/mol. The number of nitriles is 1. The molecule has 1 heterocycles. The van der Waals surface area contributed by atoms with Gasteiger partial charge in [-0.05, 0) is 51.3 Å². The molecule has 0 saturated heterocycles. The van der Waals surface area contributed by atoms with Gasteiger partial charge >= 0.3 is 0 Å². The van der Waals surface area contributed by atoms with Crippen molar-refractivity contribution in [2.24, 2.45) is 5.92 Å². The Balaban J connectivity index is 2.29. The fraction of sp³-hybridized carbons (Fsp3) is 0.476. The second kappa shape index (κ2) is 8.53. The van der Waals surface area contributed by atoms with E-state index < -0.39 is 0 Å². The standard InChI is InChI=1S/C21H27N3O2S/c1-7-21(5,6)24-19(25)18-14(4)23-20(27-18)15-8-9-17(16(10-15)11-22)26-12-13(2)3/h8-10,13H,7,12H2,1-6H3,(H,24,25). The van der Waals surface area contributed by atoms with Crippen molar-refractivity contribution in [1.82, 2.24) is 10.3 Å². The summed E-state index contributed by atoms with van der Waals surface area (Å²) in [5.74, 6) is 0.845. The first-order valence-corrected chi connectivity index (χ1v) is 9.95. The van der Waals surface area contributed by atoms with Gasteiger partial charge in [0, 0.05) is 11.1 Å². The number of nitrogens with one attached hydrogen (secondary N) is 1. The molecule has 0 atom stereocenters. The monoisotopic (exact) mass is 385 g/mol.